The van der Waals surface area contributed by atoms with Crippen molar-refractivity contribution < 1.29 is 19.4 Å². The van der Waals surface area contributed by atoms with Crippen LogP contribution in [0.2, 0.25) is 5.02 Å². The molecule has 5 nitrogen and oxygen atoms in total. The number of carbonyl (C=O) groups is 1. The molecular weight excluding hydrogens is 390 g/mol. The minimum atomic E-state index is -0.155. The van der Waals surface area contributed by atoms with Crippen molar-refractivity contribution in [1.29, 1.82) is 0 Å². The van der Waals surface area contributed by atoms with E-state index in [1.54, 1.807) is 0 Å². The number of aromatic hydroxyl groups is 1. The third kappa shape index (κ3) is 3.12. The van der Waals surface area contributed by atoms with Gasteiger partial charge >= 0.3 is 0 Å². The number of hydrogen-bond donors (Lipinski definition) is 2. The minimum absolute atomic E-state index is 0.0228. The number of benzene rings is 1. The Kier molecular flexibility index (Phi) is 5.27. The van der Waals surface area contributed by atoms with E-state index >= 15 is 0 Å². The first-order valence-corrected chi connectivity index (χ1v) is 11.1. The molecule has 0 aromatic heterocycles. The number of amides is 1. The van der Waals surface area contributed by atoms with Crippen molar-refractivity contribution in [3.05, 3.63) is 22.7 Å². The van der Waals surface area contributed by atoms with Crippen LogP contribution in [0.25, 0.3) is 0 Å². The first kappa shape index (κ1) is 20.8. The standard InChI is InChI=1S/C23H32ClNO4/c1-5-6-19(27)25-21-22(2,3)13-9-15-20(29-8-7-23(15,21)12-13)14-10-18(28-4)17(26)11-16(14)24/h10-11,13,15,20-21,26H,5-9,12H2,1-4H3,(H,25,27)/t13-,15-,20-,21+,23-/m1/s1. The van der Waals surface area contributed by atoms with Gasteiger partial charge in [-0.25, -0.2) is 0 Å². The molecule has 1 saturated heterocycles. The first-order valence-electron chi connectivity index (χ1n) is 10.7. The zero-order valence-electron chi connectivity index (χ0n) is 17.8. The molecule has 0 unspecified atom stereocenters. The Morgan fingerprint density at radius 3 is 2.86 bits per heavy atom. The molecule has 2 saturated carbocycles. The summed E-state index contributed by atoms with van der Waals surface area (Å²) in [6.45, 7) is 7.29. The van der Waals surface area contributed by atoms with Gasteiger partial charge in [0, 0.05) is 30.7 Å². The van der Waals surface area contributed by atoms with Crippen LogP contribution in [0, 0.1) is 22.7 Å². The Morgan fingerprint density at radius 2 is 2.17 bits per heavy atom. The van der Waals surface area contributed by atoms with Crippen LogP contribution in [0.4, 0.5) is 0 Å². The van der Waals surface area contributed by atoms with Gasteiger partial charge in [-0.3, -0.25) is 4.79 Å². The summed E-state index contributed by atoms with van der Waals surface area (Å²) in [5.41, 5.74) is 0.960. The van der Waals surface area contributed by atoms with E-state index in [2.05, 4.69) is 19.2 Å². The van der Waals surface area contributed by atoms with Crippen molar-refractivity contribution in [2.45, 2.75) is 65.0 Å². The summed E-state index contributed by atoms with van der Waals surface area (Å²) in [4.78, 5) is 12.6. The van der Waals surface area contributed by atoms with Crippen molar-refractivity contribution in [3.63, 3.8) is 0 Å². The van der Waals surface area contributed by atoms with Gasteiger partial charge < -0.3 is 19.9 Å². The molecular formula is C23H32ClNO4. The molecule has 1 aliphatic heterocycles. The lowest BCUT2D eigenvalue weighted by molar-refractivity contribution is -0.137. The molecule has 0 radical (unpaired) electrons. The van der Waals surface area contributed by atoms with Crippen LogP contribution in [0.3, 0.4) is 0 Å². The van der Waals surface area contributed by atoms with E-state index in [1.807, 2.05) is 13.0 Å². The predicted molar refractivity (Wildman–Crippen MR) is 112 cm³/mol. The molecule has 1 spiro atoms. The quantitative estimate of drug-likeness (QED) is 0.712. The lowest BCUT2D eigenvalue weighted by Gasteiger charge is -2.53. The molecule has 1 amide bonds. The summed E-state index contributed by atoms with van der Waals surface area (Å²) >= 11 is 6.53. The second-order valence-corrected chi connectivity index (χ2v) is 10.0. The highest BCUT2D eigenvalue weighted by Gasteiger charge is 2.68. The summed E-state index contributed by atoms with van der Waals surface area (Å²) in [7, 11) is 1.54. The van der Waals surface area contributed by atoms with Crippen molar-refractivity contribution in [2.24, 2.45) is 22.7 Å². The monoisotopic (exact) mass is 421 g/mol. The number of hydrogen-bond acceptors (Lipinski definition) is 4. The molecule has 6 heteroatoms. The maximum atomic E-state index is 12.6. The molecule has 3 aliphatic rings. The number of carbonyl (C=O) groups excluding carboxylic acids is 1. The summed E-state index contributed by atoms with van der Waals surface area (Å²) in [5, 5.41) is 14.0. The number of phenolic OH excluding ortho intramolecular Hbond substituents is 1. The number of rotatable bonds is 5. The second kappa shape index (κ2) is 7.35. The van der Waals surface area contributed by atoms with E-state index in [1.165, 1.54) is 13.2 Å². The van der Waals surface area contributed by atoms with E-state index in [-0.39, 0.29) is 40.6 Å². The fourth-order valence-electron chi connectivity index (χ4n) is 6.50. The zero-order chi connectivity index (χ0) is 21.0. The third-order valence-corrected chi connectivity index (χ3v) is 8.22. The highest BCUT2D eigenvalue weighted by atomic mass is 35.5. The smallest absolute Gasteiger partial charge is 0.220 e. The molecule has 1 aromatic carbocycles. The van der Waals surface area contributed by atoms with Gasteiger partial charge in [-0.1, -0.05) is 32.4 Å². The van der Waals surface area contributed by atoms with Crippen LogP contribution >= 0.6 is 11.6 Å². The molecule has 1 aromatic rings. The summed E-state index contributed by atoms with van der Waals surface area (Å²) in [5.74, 6) is 1.42. The molecule has 4 rings (SSSR count). The van der Waals surface area contributed by atoms with Gasteiger partial charge in [0.15, 0.2) is 11.5 Å². The fourth-order valence-corrected chi connectivity index (χ4v) is 6.76. The molecule has 2 bridgehead atoms. The number of phenols is 1. The van der Waals surface area contributed by atoms with Crippen LogP contribution < -0.4 is 10.1 Å². The lowest BCUT2D eigenvalue weighted by Crippen LogP contribution is -2.58. The van der Waals surface area contributed by atoms with Gasteiger partial charge in [0.2, 0.25) is 5.91 Å². The van der Waals surface area contributed by atoms with Gasteiger partial charge in [-0.2, -0.15) is 0 Å². The average Bonchev–Trinajstić information content (AvgIpc) is 3.15. The van der Waals surface area contributed by atoms with E-state index < -0.39 is 0 Å². The Hall–Kier alpha value is -1.46. The fraction of sp³-hybridized carbons (Fsp3) is 0.696. The maximum Gasteiger partial charge on any atom is 0.220 e. The summed E-state index contributed by atoms with van der Waals surface area (Å²) in [6, 6.07) is 3.49. The second-order valence-electron chi connectivity index (χ2n) is 9.64. The first-order chi connectivity index (χ1) is 13.7. The van der Waals surface area contributed by atoms with Crippen molar-refractivity contribution in [3.8, 4) is 11.5 Å². The normalized spacial score (nSPS) is 34.7. The largest absolute Gasteiger partial charge is 0.504 e. The molecule has 2 aliphatic carbocycles. The third-order valence-electron chi connectivity index (χ3n) is 7.89. The summed E-state index contributed by atoms with van der Waals surface area (Å²) < 4.78 is 11.6. The van der Waals surface area contributed by atoms with Crippen LogP contribution in [0.15, 0.2) is 12.1 Å². The van der Waals surface area contributed by atoms with Crippen LogP contribution in [0.1, 0.15) is 64.5 Å². The van der Waals surface area contributed by atoms with Crippen molar-refractivity contribution in [1.82, 2.24) is 5.32 Å². The number of fused-ring (bicyclic) bond motifs is 1. The van der Waals surface area contributed by atoms with E-state index in [0.717, 1.165) is 31.2 Å². The van der Waals surface area contributed by atoms with Crippen LogP contribution in [-0.4, -0.2) is 30.8 Å². The highest BCUT2D eigenvalue weighted by molar-refractivity contribution is 6.31. The predicted octanol–water partition coefficient (Wildman–Crippen LogP) is 4.85. The number of ether oxygens (including phenoxy) is 2. The van der Waals surface area contributed by atoms with Crippen molar-refractivity contribution in [2.75, 3.05) is 13.7 Å². The topological polar surface area (TPSA) is 67.8 Å². The van der Waals surface area contributed by atoms with Gasteiger partial charge in [0.25, 0.3) is 0 Å². The molecule has 29 heavy (non-hydrogen) atoms. The van der Waals surface area contributed by atoms with Gasteiger partial charge in [-0.15, -0.1) is 0 Å². The Morgan fingerprint density at radius 1 is 1.41 bits per heavy atom. The molecule has 160 valence electrons. The average molecular weight is 422 g/mol. The van der Waals surface area contributed by atoms with Crippen molar-refractivity contribution >= 4 is 17.5 Å². The Bertz CT molecular complexity index is 810. The van der Waals surface area contributed by atoms with Crippen LogP contribution in [0.5, 0.6) is 11.5 Å². The van der Waals surface area contributed by atoms with E-state index in [0.29, 0.717) is 29.7 Å². The molecule has 3 fully saturated rings. The number of nitrogens with one attached hydrogen (secondary N) is 1. The lowest BCUT2D eigenvalue weighted by atomic mass is 9.58. The highest BCUT2D eigenvalue weighted by Crippen LogP contribution is 2.70. The molecule has 5 atom stereocenters. The SMILES string of the molecule is CCCC(=O)N[C@H]1C(C)(C)[C@@H]2C[C@@H]3[C@@H](c4cc(OC)c(O)cc4Cl)OCC[C@@]31C2. The van der Waals surface area contributed by atoms with E-state index in [9.17, 15) is 9.90 Å². The van der Waals surface area contributed by atoms with E-state index in [4.69, 9.17) is 21.1 Å². The van der Waals surface area contributed by atoms with Gasteiger partial charge in [-0.05, 0) is 54.4 Å². The maximum absolute atomic E-state index is 12.6. The van der Waals surface area contributed by atoms with Gasteiger partial charge in [0.1, 0.15) is 0 Å². The summed E-state index contributed by atoms with van der Waals surface area (Å²) in [6.07, 6.45) is 4.41. The minimum Gasteiger partial charge on any atom is -0.504 e. The van der Waals surface area contributed by atoms with Gasteiger partial charge in [0.05, 0.1) is 18.2 Å². The zero-order valence-corrected chi connectivity index (χ0v) is 18.5. The molecule has 2 N–H and O–H groups in total. The van der Waals surface area contributed by atoms with Crippen LogP contribution in [-0.2, 0) is 9.53 Å². The Balaban J connectivity index is 1.70. The Labute approximate surface area is 178 Å². The molecule has 1 heterocycles. The number of methoxy groups -OCH3 is 1. The number of halogens is 1.